The normalized spacial score (nSPS) is 26.0. The fraction of sp³-hybridized carbons (Fsp3) is 0.389. The van der Waals surface area contributed by atoms with E-state index >= 15 is 0 Å². The SMILES string of the molecule is COC(Cc1cccc(I)c1)[C@H]1O[C@@H](n2cnc3c(N)ncnc32)[C@H](O)[C@@H]1O. The third kappa shape index (κ3) is 3.46. The molecule has 1 fully saturated rings. The Morgan fingerprint density at radius 1 is 1.29 bits per heavy atom. The van der Waals surface area contributed by atoms with Crippen molar-refractivity contribution in [3.8, 4) is 0 Å². The Kier molecular flexibility index (Phi) is 5.47. The maximum Gasteiger partial charge on any atom is 0.167 e. The Morgan fingerprint density at radius 3 is 2.86 bits per heavy atom. The highest BCUT2D eigenvalue weighted by molar-refractivity contribution is 14.1. The number of hydrogen-bond donors (Lipinski definition) is 3. The van der Waals surface area contributed by atoms with Crippen molar-refractivity contribution in [3.05, 3.63) is 46.1 Å². The molecule has 148 valence electrons. The van der Waals surface area contributed by atoms with Gasteiger partial charge in [0.05, 0.1) is 12.4 Å². The van der Waals surface area contributed by atoms with Gasteiger partial charge in [-0.15, -0.1) is 0 Å². The van der Waals surface area contributed by atoms with E-state index in [4.69, 9.17) is 15.2 Å². The molecule has 3 heterocycles. The number of nitrogens with two attached hydrogens (primary N) is 1. The largest absolute Gasteiger partial charge is 0.387 e. The van der Waals surface area contributed by atoms with Crippen LogP contribution in [0.5, 0.6) is 0 Å². The van der Waals surface area contributed by atoms with Crippen molar-refractivity contribution in [1.82, 2.24) is 19.5 Å². The van der Waals surface area contributed by atoms with Gasteiger partial charge in [0.25, 0.3) is 0 Å². The van der Waals surface area contributed by atoms with Gasteiger partial charge in [0.1, 0.15) is 30.2 Å². The second-order valence-electron chi connectivity index (χ2n) is 6.66. The van der Waals surface area contributed by atoms with Gasteiger partial charge in [-0.25, -0.2) is 15.0 Å². The maximum absolute atomic E-state index is 10.6. The second kappa shape index (κ2) is 7.87. The number of benzene rings is 1. The van der Waals surface area contributed by atoms with Crippen LogP contribution in [0.15, 0.2) is 36.9 Å². The van der Waals surface area contributed by atoms with Crippen LogP contribution >= 0.6 is 22.6 Å². The molecule has 0 spiro atoms. The van der Waals surface area contributed by atoms with E-state index in [9.17, 15) is 10.2 Å². The summed E-state index contributed by atoms with van der Waals surface area (Å²) in [5, 5.41) is 21.3. The van der Waals surface area contributed by atoms with Crippen molar-refractivity contribution in [2.75, 3.05) is 12.8 Å². The van der Waals surface area contributed by atoms with Gasteiger partial charge in [-0.2, -0.15) is 0 Å². The number of fused-ring (bicyclic) bond motifs is 1. The van der Waals surface area contributed by atoms with Crippen LogP contribution in [0.2, 0.25) is 0 Å². The quantitative estimate of drug-likeness (QED) is 0.444. The van der Waals surface area contributed by atoms with Crippen molar-refractivity contribution in [2.24, 2.45) is 0 Å². The molecule has 0 aliphatic carbocycles. The fourth-order valence-corrected chi connectivity index (χ4v) is 4.12. The average molecular weight is 497 g/mol. The first-order valence-corrected chi connectivity index (χ1v) is 9.79. The van der Waals surface area contributed by atoms with Gasteiger partial charge in [-0.1, -0.05) is 12.1 Å². The molecule has 0 bridgehead atoms. The molecular weight excluding hydrogens is 477 g/mol. The van der Waals surface area contributed by atoms with E-state index in [1.165, 1.54) is 12.7 Å². The third-order valence-electron chi connectivity index (χ3n) is 4.93. The molecule has 4 rings (SSSR count). The van der Waals surface area contributed by atoms with Crippen LogP contribution in [0.25, 0.3) is 11.2 Å². The Balaban J connectivity index is 1.60. The monoisotopic (exact) mass is 497 g/mol. The van der Waals surface area contributed by atoms with Crippen LogP contribution in [0.1, 0.15) is 11.8 Å². The number of ether oxygens (including phenoxy) is 2. The van der Waals surface area contributed by atoms with Crippen LogP contribution in [0.3, 0.4) is 0 Å². The van der Waals surface area contributed by atoms with Crippen LogP contribution in [0.4, 0.5) is 5.82 Å². The number of hydrogen-bond acceptors (Lipinski definition) is 8. The Bertz CT molecular complexity index is 984. The summed E-state index contributed by atoms with van der Waals surface area (Å²) >= 11 is 2.25. The van der Waals surface area contributed by atoms with Gasteiger partial charge in [0.2, 0.25) is 0 Å². The van der Waals surface area contributed by atoms with E-state index < -0.39 is 30.6 Å². The van der Waals surface area contributed by atoms with E-state index in [0.717, 1.165) is 9.13 Å². The number of aliphatic hydroxyl groups is 2. The minimum atomic E-state index is -1.17. The molecule has 4 N–H and O–H groups in total. The summed E-state index contributed by atoms with van der Waals surface area (Å²) in [6.45, 7) is 0. The molecule has 2 aromatic heterocycles. The van der Waals surface area contributed by atoms with Crippen molar-refractivity contribution in [1.29, 1.82) is 0 Å². The van der Waals surface area contributed by atoms with Gasteiger partial charge < -0.3 is 25.4 Å². The number of anilines is 1. The van der Waals surface area contributed by atoms with Gasteiger partial charge in [0, 0.05) is 17.1 Å². The van der Waals surface area contributed by atoms with Crippen molar-refractivity contribution >= 4 is 39.6 Å². The number of halogens is 1. The molecule has 5 atom stereocenters. The highest BCUT2D eigenvalue weighted by atomic mass is 127. The molecule has 0 radical (unpaired) electrons. The number of methoxy groups -OCH3 is 1. The third-order valence-corrected chi connectivity index (χ3v) is 5.60. The number of nitrogens with zero attached hydrogens (tertiary/aromatic N) is 4. The van der Waals surface area contributed by atoms with E-state index in [0.29, 0.717) is 17.6 Å². The summed E-state index contributed by atoms with van der Waals surface area (Å²) in [4.78, 5) is 12.3. The molecule has 0 amide bonds. The minimum absolute atomic E-state index is 0.238. The lowest BCUT2D eigenvalue weighted by molar-refractivity contribution is -0.0951. The summed E-state index contributed by atoms with van der Waals surface area (Å²) in [5.41, 5.74) is 7.72. The summed E-state index contributed by atoms with van der Waals surface area (Å²) in [6.07, 6.45) is -1.01. The van der Waals surface area contributed by atoms with Gasteiger partial charge in [0.15, 0.2) is 17.7 Å². The first-order valence-electron chi connectivity index (χ1n) is 8.71. The number of rotatable bonds is 5. The zero-order chi connectivity index (χ0) is 19.8. The lowest BCUT2D eigenvalue weighted by atomic mass is 9.99. The van der Waals surface area contributed by atoms with E-state index in [-0.39, 0.29) is 5.82 Å². The van der Waals surface area contributed by atoms with E-state index in [1.807, 2.05) is 24.3 Å². The van der Waals surface area contributed by atoms with Gasteiger partial charge >= 0.3 is 0 Å². The standard InChI is InChI=1S/C18H20IN5O4/c1-27-11(6-9-3-2-4-10(19)5-9)15-13(25)14(26)18(28-15)24-8-23-12-16(20)21-7-22-17(12)24/h2-5,7-8,11,13-15,18,25-26H,6H2,1H3,(H2,20,21,22)/t11?,13-,14+,15+,18+/m0/s1. The highest BCUT2D eigenvalue weighted by Crippen LogP contribution is 2.34. The smallest absolute Gasteiger partial charge is 0.167 e. The van der Waals surface area contributed by atoms with Crippen LogP contribution in [-0.2, 0) is 15.9 Å². The minimum Gasteiger partial charge on any atom is -0.387 e. The molecule has 0 saturated carbocycles. The van der Waals surface area contributed by atoms with E-state index in [1.54, 1.807) is 11.7 Å². The summed E-state index contributed by atoms with van der Waals surface area (Å²) < 4.78 is 14.3. The number of aliphatic hydroxyl groups excluding tert-OH is 2. The average Bonchev–Trinajstić information content (AvgIpc) is 3.23. The molecule has 1 unspecified atom stereocenters. The molecule has 1 aromatic carbocycles. The molecule has 1 aliphatic rings. The molecular formula is C18H20IN5O4. The predicted octanol–water partition coefficient (Wildman–Crippen LogP) is 0.890. The van der Waals surface area contributed by atoms with Crippen LogP contribution < -0.4 is 5.73 Å². The lowest BCUT2D eigenvalue weighted by Crippen LogP contribution is -2.40. The number of aromatic nitrogens is 4. The van der Waals surface area contributed by atoms with Crippen molar-refractivity contribution < 1.29 is 19.7 Å². The van der Waals surface area contributed by atoms with Crippen molar-refractivity contribution in [2.45, 2.75) is 37.1 Å². The first-order chi connectivity index (χ1) is 13.5. The molecule has 10 heteroatoms. The lowest BCUT2D eigenvalue weighted by Gasteiger charge is -2.24. The highest BCUT2D eigenvalue weighted by Gasteiger charge is 2.47. The second-order valence-corrected chi connectivity index (χ2v) is 7.91. The topological polar surface area (TPSA) is 129 Å². The van der Waals surface area contributed by atoms with Gasteiger partial charge in [-0.3, -0.25) is 4.57 Å². The molecule has 28 heavy (non-hydrogen) atoms. The first kappa shape index (κ1) is 19.5. The summed E-state index contributed by atoms with van der Waals surface area (Å²) in [6, 6.07) is 8.01. The Morgan fingerprint density at radius 2 is 2.11 bits per heavy atom. The summed E-state index contributed by atoms with van der Waals surface area (Å²) in [5.74, 6) is 0.238. The zero-order valence-corrected chi connectivity index (χ0v) is 17.2. The number of imidazole rings is 1. The zero-order valence-electron chi connectivity index (χ0n) is 15.0. The number of nitrogen functional groups attached to an aromatic ring is 1. The summed E-state index contributed by atoms with van der Waals surface area (Å²) in [7, 11) is 1.56. The predicted molar refractivity (Wildman–Crippen MR) is 109 cm³/mol. The molecule has 1 aliphatic heterocycles. The maximum atomic E-state index is 10.6. The Hall–Kier alpha value is -1.86. The molecule has 9 nitrogen and oxygen atoms in total. The van der Waals surface area contributed by atoms with E-state index in [2.05, 4.69) is 37.5 Å². The van der Waals surface area contributed by atoms with Crippen LogP contribution in [-0.4, -0.2) is 61.3 Å². The molecule has 1 saturated heterocycles. The van der Waals surface area contributed by atoms with Crippen molar-refractivity contribution in [3.63, 3.8) is 0 Å². The Labute approximate surface area is 174 Å². The molecule has 3 aromatic rings. The van der Waals surface area contributed by atoms with Crippen LogP contribution in [0, 0.1) is 3.57 Å². The van der Waals surface area contributed by atoms with Gasteiger partial charge in [-0.05, 0) is 40.3 Å². The fourth-order valence-electron chi connectivity index (χ4n) is 3.51.